The molecule has 0 rings (SSSR count). The molecule has 0 aromatic rings. The van der Waals surface area contributed by atoms with Crippen LogP contribution in [0, 0.1) is 0 Å². The molecule has 0 radical (unpaired) electrons. The van der Waals surface area contributed by atoms with Gasteiger partial charge in [-0.3, -0.25) is 4.79 Å². The Balaban J connectivity index is 3.70. The van der Waals surface area contributed by atoms with E-state index in [9.17, 15) is 25.2 Å². The Bertz CT molecular complexity index is 997. The zero-order valence-electron chi connectivity index (χ0n) is 42.1. The van der Waals surface area contributed by atoms with Gasteiger partial charge in [0.15, 0.2) is 0 Å². The van der Waals surface area contributed by atoms with Crippen LogP contribution >= 0.6 is 0 Å². The summed E-state index contributed by atoms with van der Waals surface area (Å²) in [4.78, 5) is 12.6. The quantitative estimate of drug-likeness (QED) is 0.0309. The van der Waals surface area contributed by atoms with Gasteiger partial charge < -0.3 is 25.7 Å². The molecule has 0 aromatic carbocycles. The Kier molecular flexibility index (Phi) is 50.3. The van der Waals surface area contributed by atoms with Crippen LogP contribution in [0.3, 0.4) is 0 Å². The number of unbranched alkanes of at least 4 members (excludes halogenated alkanes) is 36. The lowest BCUT2D eigenvalue weighted by Crippen LogP contribution is -2.53. The fraction of sp³-hybridized carbons (Fsp3) is 0.877. The zero-order chi connectivity index (χ0) is 45.9. The first-order valence-electron chi connectivity index (χ1n) is 27.9. The first-order valence-corrected chi connectivity index (χ1v) is 27.9. The third-order valence-electron chi connectivity index (χ3n) is 13.1. The molecule has 6 heteroatoms. The van der Waals surface area contributed by atoms with Gasteiger partial charge in [0.05, 0.1) is 18.8 Å². The number of carbonyl (C=O) groups excluding carboxylic acids is 1. The van der Waals surface area contributed by atoms with Gasteiger partial charge in [0, 0.05) is 0 Å². The van der Waals surface area contributed by atoms with Crippen molar-refractivity contribution >= 4 is 5.91 Å². The van der Waals surface area contributed by atoms with Crippen molar-refractivity contribution in [3.05, 3.63) is 36.5 Å². The maximum absolute atomic E-state index is 12.6. The van der Waals surface area contributed by atoms with Gasteiger partial charge in [-0.1, -0.05) is 249 Å². The average molecular weight is 889 g/mol. The van der Waals surface area contributed by atoms with Gasteiger partial charge in [-0.05, 0) is 77.0 Å². The number of aliphatic hydroxyl groups is 4. The van der Waals surface area contributed by atoms with E-state index >= 15 is 0 Å². The molecule has 0 aliphatic rings. The second-order valence-electron chi connectivity index (χ2n) is 19.3. The number of amides is 1. The van der Waals surface area contributed by atoms with Crippen LogP contribution in [0.2, 0.25) is 0 Å². The minimum absolute atomic E-state index is 0.353. The van der Waals surface area contributed by atoms with Gasteiger partial charge >= 0.3 is 0 Å². The standard InChI is InChI=1S/C57H109NO5/c1-3-5-7-9-11-13-15-17-19-21-23-25-26-27-28-29-31-32-34-36-38-40-42-44-46-48-50-54(60)56(62)53(52-59)58-57(63)55(61)51-49-47-45-43-41-39-37-35-33-30-24-22-20-18-16-14-12-10-8-6-4-2/h33-36,42,44,53-56,59-62H,3-32,37-41,43,45-52H2,1-2H3,(H,58,63)/b35-33-,36-34+,44-42+. The summed E-state index contributed by atoms with van der Waals surface area (Å²) in [5, 5.41) is 43.9. The number of nitrogens with one attached hydrogen (secondary N) is 1. The summed E-state index contributed by atoms with van der Waals surface area (Å²) in [5.41, 5.74) is 0. The molecule has 5 N–H and O–H groups in total. The van der Waals surface area contributed by atoms with E-state index in [0.717, 1.165) is 51.4 Å². The van der Waals surface area contributed by atoms with E-state index in [1.54, 1.807) is 0 Å². The highest BCUT2D eigenvalue weighted by Crippen LogP contribution is 2.17. The lowest BCUT2D eigenvalue weighted by molar-refractivity contribution is -0.132. The molecule has 372 valence electrons. The zero-order valence-corrected chi connectivity index (χ0v) is 42.1. The first-order chi connectivity index (χ1) is 31.0. The van der Waals surface area contributed by atoms with Crippen LogP contribution in [0.5, 0.6) is 0 Å². The molecule has 0 aromatic heterocycles. The lowest BCUT2D eigenvalue weighted by atomic mass is 10.00. The molecule has 63 heavy (non-hydrogen) atoms. The van der Waals surface area contributed by atoms with Crippen molar-refractivity contribution < 1.29 is 25.2 Å². The molecule has 0 aliphatic heterocycles. The van der Waals surface area contributed by atoms with Crippen LogP contribution in [0.4, 0.5) is 0 Å². The van der Waals surface area contributed by atoms with Crippen molar-refractivity contribution in [2.24, 2.45) is 0 Å². The summed E-state index contributed by atoms with van der Waals surface area (Å²) < 4.78 is 0. The highest BCUT2D eigenvalue weighted by atomic mass is 16.3. The predicted molar refractivity (Wildman–Crippen MR) is 274 cm³/mol. The third-order valence-corrected chi connectivity index (χ3v) is 13.1. The summed E-state index contributed by atoms with van der Waals surface area (Å²) in [5.74, 6) is -0.600. The Labute approximate surface area is 392 Å². The van der Waals surface area contributed by atoms with Crippen molar-refractivity contribution in [2.45, 2.75) is 314 Å². The van der Waals surface area contributed by atoms with E-state index in [4.69, 9.17) is 0 Å². The highest BCUT2D eigenvalue weighted by molar-refractivity contribution is 5.80. The topological polar surface area (TPSA) is 110 Å². The molecule has 0 heterocycles. The average Bonchev–Trinajstić information content (AvgIpc) is 3.29. The predicted octanol–water partition coefficient (Wildman–Crippen LogP) is 16.0. The second-order valence-corrected chi connectivity index (χ2v) is 19.3. The number of aliphatic hydroxyl groups excluding tert-OH is 4. The third kappa shape index (κ3) is 45.5. The van der Waals surface area contributed by atoms with Gasteiger partial charge in [-0.2, -0.15) is 0 Å². The SMILES string of the molecule is CCCCCCCCCCCCC/C=C\CCCCCCCCC(O)C(=O)NC(CO)C(O)C(O)CCC/C=C/CC/C=C/CCCCCCCCCCCCCCCCCCC. The van der Waals surface area contributed by atoms with Crippen molar-refractivity contribution in [2.75, 3.05) is 6.61 Å². The van der Waals surface area contributed by atoms with E-state index in [1.807, 2.05) is 0 Å². The molecule has 0 saturated carbocycles. The molecular formula is C57H109NO5. The number of rotatable bonds is 51. The Hall–Kier alpha value is -1.47. The molecule has 4 atom stereocenters. The summed E-state index contributed by atoms with van der Waals surface area (Å²) in [6.45, 7) is 4.07. The molecular weight excluding hydrogens is 779 g/mol. The monoisotopic (exact) mass is 888 g/mol. The van der Waals surface area contributed by atoms with Gasteiger partial charge in [0.1, 0.15) is 12.2 Å². The van der Waals surface area contributed by atoms with E-state index in [-0.39, 0.29) is 0 Å². The Morgan fingerprint density at radius 2 is 0.667 bits per heavy atom. The number of carbonyl (C=O) groups is 1. The van der Waals surface area contributed by atoms with Crippen LogP contribution in [0.15, 0.2) is 36.5 Å². The molecule has 0 saturated heterocycles. The molecule has 4 unspecified atom stereocenters. The van der Waals surface area contributed by atoms with Crippen LogP contribution in [0.25, 0.3) is 0 Å². The summed E-state index contributed by atoms with van der Waals surface area (Å²) in [7, 11) is 0. The van der Waals surface area contributed by atoms with Crippen LogP contribution in [-0.2, 0) is 4.79 Å². The van der Waals surface area contributed by atoms with Gasteiger partial charge in [-0.15, -0.1) is 0 Å². The minimum atomic E-state index is -1.29. The second kappa shape index (κ2) is 51.5. The fourth-order valence-corrected chi connectivity index (χ4v) is 8.65. The number of hydrogen-bond acceptors (Lipinski definition) is 5. The van der Waals surface area contributed by atoms with E-state index in [2.05, 4.69) is 55.6 Å². The van der Waals surface area contributed by atoms with Gasteiger partial charge in [-0.25, -0.2) is 0 Å². The molecule has 1 amide bonds. The van der Waals surface area contributed by atoms with Crippen molar-refractivity contribution in [3.63, 3.8) is 0 Å². The van der Waals surface area contributed by atoms with Crippen LogP contribution in [-0.4, -0.2) is 57.3 Å². The summed E-state index contributed by atoms with van der Waals surface area (Å²) >= 11 is 0. The smallest absolute Gasteiger partial charge is 0.249 e. The molecule has 0 fully saturated rings. The van der Waals surface area contributed by atoms with Crippen molar-refractivity contribution in [3.8, 4) is 0 Å². The molecule has 6 nitrogen and oxygen atoms in total. The van der Waals surface area contributed by atoms with Gasteiger partial charge in [0.25, 0.3) is 0 Å². The number of hydrogen-bond donors (Lipinski definition) is 5. The molecule has 0 aliphatic carbocycles. The Morgan fingerprint density at radius 3 is 1.00 bits per heavy atom. The molecule has 0 bridgehead atoms. The largest absolute Gasteiger partial charge is 0.394 e. The van der Waals surface area contributed by atoms with Gasteiger partial charge in [0.2, 0.25) is 5.91 Å². The Morgan fingerprint density at radius 1 is 0.381 bits per heavy atom. The van der Waals surface area contributed by atoms with Crippen LogP contribution in [0.1, 0.15) is 290 Å². The maximum Gasteiger partial charge on any atom is 0.249 e. The van der Waals surface area contributed by atoms with E-state index in [0.29, 0.717) is 19.3 Å². The minimum Gasteiger partial charge on any atom is -0.394 e. The van der Waals surface area contributed by atoms with Crippen molar-refractivity contribution in [1.82, 2.24) is 5.32 Å². The fourth-order valence-electron chi connectivity index (χ4n) is 8.65. The van der Waals surface area contributed by atoms with E-state index < -0.39 is 36.9 Å². The molecule has 0 spiro atoms. The van der Waals surface area contributed by atoms with Crippen LogP contribution < -0.4 is 5.32 Å². The summed E-state index contributed by atoms with van der Waals surface area (Å²) in [6, 6.07) is -1.01. The van der Waals surface area contributed by atoms with Crippen molar-refractivity contribution in [1.29, 1.82) is 0 Å². The summed E-state index contributed by atoms with van der Waals surface area (Å²) in [6.07, 6.45) is 63.5. The maximum atomic E-state index is 12.6. The van der Waals surface area contributed by atoms with E-state index in [1.165, 1.54) is 205 Å². The lowest BCUT2D eigenvalue weighted by Gasteiger charge is -2.27. The normalized spacial score (nSPS) is 14.1. The highest BCUT2D eigenvalue weighted by Gasteiger charge is 2.28. The number of allylic oxidation sites excluding steroid dienone is 6. The first kappa shape index (κ1) is 61.5.